The predicted octanol–water partition coefficient (Wildman–Crippen LogP) is 4.78. The van der Waals surface area contributed by atoms with E-state index in [1.165, 1.54) is 36.5 Å². The maximum atomic E-state index is 10.6. The summed E-state index contributed by atoms with van der Waals surface area (Å²) in [5.74, 6) is 0. The van der Waals surface area contributed by atoms with Gasteiger partial charge in [0, 0.05) is 6.54 Å². The molecule has 1 N–H and O–H groups in total. The minimum atomic E-state index is -0.404. The minimum Gasteiger partial charge on any atom is -0.387 e. The lowest BCUT2D eigenvalue weighted by atomic mass is 10.0. The number of rotatable bonds is 9. The van der Waals surface area contributed by atoms with Crippen molar-refractivity contribution in [3.05, 3.63) is 48.0 Å². The van der Waals surface area contributed by atoms with Crippen molar-refractivity contribution < 1.29 is 5.11 Å². The number of benzene rings is 2. The number of hydrogen-bond donors (Lipinski definition) is 1. The van der Waals surface area contributed by atoms with Crippen molar-refractivity contribution in [3.8, 4) is 0 Å². The first-order valence-electron chi connectivity index (χ1n) is 8.63. The summed E-state index contributed by atoms with van der Waals surface area (Å²) in [6.07, 6.45) is 4.41. The maximum absolute atomic E-state index is 10.6. The summed E-state index contributed by atoms with van der Waals surface area (Å²) >= 11 is 0. The lowest BCUT2D eigenvalue weighted by molar-refractivity contribution is 0.111. The van der Waals surface area contributed by atoms with E-state index in [4.69, 9.17) is 0 Å². The van der Waals surface area contributed by atoms with Gasteiger partial charge < -0.3 is 10.0 Å². The van der Waals surface area contributed by atoms with Crippen molar-refractivity contribution in [1.82, 2.24) is 4.90 Å². The molecule has 2 nitrogen and oxygen atoms in total. The van der Waals surface area contributed by atoms with Crippen LogP contribution in [0.2, 0.25) is 0 Å². The summed E-state index contributed by atoms with van der Waals surface area (Å²) in [6.45, 7) is 7.34. The van der Waals surface area contributed by atoms with Gasteiger partial charge in [0.05, 0.1) is 6.10 Å². The Kier molecular flexibility index (Phi) is 6.88. The largest absolute Gasteiger partial charge is 0.387 e. The van der Waals surface area contributed by atoms with Crippen molar-refractivity contribution in [2.24, 2.45) is 0 Å². The highest BCUT2D eigenvalue weighted by atomic mass is 16.3. The zero-order valence-electron chi connectivity index (χ0n) is 14.0. The third-order valence-corrected chi connectivity index (χ3v) is 4.25. The molecule has 0 aliphatic rings. The second kappa shape index (κ2) is 8.92. The summed E-state index contributed by atoms with van der Waals surface area (Å²) in [7, 11) is 0. The average Bonchev–Trinajstić information content (AvgIpc) is 2.56. The molecule has 0 amide bonds. The van der Waals surface area contributed by atoms with Crippen LogP contribution in [-0.2, 0) is 0 Å². The maximum Gasteiger partial charge on any atom is 0.0917 e. The molecule has 1 unspecified atom stereocenters. The molecule has 0 saturated heterocycles. The van der Waals surface area contributed by atoms with Gasteiger partial charge in [-0.3, -0.25) is 0 Å². The van der Waals surface area contributed by atoms with Crippen molar-refractivity contribution in [3.63, 3.8) is 0 Å². The monoisotopic (exact) mass is 299 g/mol. The minimum absolute atomic E-state index is 0.404. The molecule has 2 heteroatoms. The summed E-state index contributed by atoms with van der Waals surface area (Å²) < 4.78 is 0. The SMILES string of the molecule is CCCCN(CCCC)CC(O)c1ccc2ccccc2c1. The molecule has 0 heterocycles. The Morgan fingerprint density at radius 1 is 0.909 bits per heavy atom. The molecule has 0 bridgehead atoms. The van der Waals surface area contributed by atoms with E-state index < -0.39 is 6.10 Å². The van der Waals surface area contributed by atoms with Gasteiger partial charge in [-0.2, -0.15) is 0 Å². The molecule has 0 aliphatic heterocycles. The van der Waals surface area contributed by atoms with E-state index in [1.807, 2.05) is 6.07 Å². The lowest BCUT2D eigenvalue weighted by Gasteiger charge is -2.25. The number of unbranched alkanes of at least 4 members (excludes halogenated alkanes) is 2. The molecule has 1 atom stereocenters. The fourth-order valence-electron chi connectivity index (χ4n) is 2.82. The Hall–Kier alpha value is -1.38. The van der Waals surface area contributed by atoms with Gasteiger partial charge >= 0.3 is 0 Å². The van der Waals surface area contributed by atoms with Crippen LogP contribution in [0.1, 0.15) is 51.2 Å². The van der Waals surface area contributed by atoms with Crippen LogP contribution in [0.4, 0.5) is 0 Å². The van der Waals surface area contributed by atoms with Gasteiger partial charge in [-0.15, -0.1) is 0 Å². The van der Waals surface area contributed by atoms with Gasteiger partial charge in [0.15, 0.2) is 0 Å². The Morgan fingerprint density at radius 3 is 2.18 bits per heavy atom. The first-order chi connectivity index (χ1) is 10.7. The molecule has 0 radical (unpaired) electrons. The molecule has 0 saturated carbocycles. The van der Waals surface area contributed by atoms with Crippen LogP contribution in [0.15, 0.2) is 42.5 Å². The van der Waals surface area contributed by atoms with E-state index in [-0.39, 0.29) is 0 Å². The van der Waals surface area contributed by atoms with Crippen LogP contribution < -0.4 is 0 Å². The molecule has 0 aliphatic carbocycles. The van der Waals surface area contributed by atoms with Gasteiger partial charge in [0.2, 0.25) is 0 Å². The second-order valence-corrected chi connectivity index (χ2v) is 6.13. The first kappa shape index (κ1) is 17.0. The van der Waals surface area contributed by atoms with E-state index in [2.05, 4.69) is 55.1 Å². The van der Waals surface area contributed by atoms with Gasteiger partial charge in [0.1, 0.15) is 0 Å². The van der Waals surface area contributed by atoms with Crippen molar-refractivity contribution >= 4 is 10.8 Å². The summed E-state index contributed by atoms with van der Waals surface area (Å²) in [6, 6.07) is 14.6. The molecule has 0 fully saturated rings. The summed E-state index contributed by atoms with van der Waals surface area (Å²) in [5, 5.41) is 13.0. The Morgan fingerprint density at radius 2 is 1.55 bits per heavy atom. The lowest BCUT2D eigenvalue weighted by Crippen LogP contribution is -2.30. The molecule has 0 aromatic heterocycles. The number of aliphatic hydroxyl groups is 1. The smallest absolute Gasteiger partial charge is 0.0917 e. The fourth-order valence-corrected chi connectivity index (χ4v) is 2.82. The highest BCUT2D eigenvalue weighted by molar-refractivity contribution is 5.83. The molecule has 22 heavy (non-hydrogen) atoms. The quantitative estimate of drug-likeness (QED) is 0.720. The third kappa shape index (κ3) is 4.82. The molecule has 0 spiro atoms. The Bertz CT molecular complexity index is 558. The first-order valence-corrected chi connectivity index (χ1v) is 8.63. The van der Waals surface area contributed by atoms with Gasteiger partial charge in [-0.05, 0) is 48.3 Å². The fraction of sp³-hybridized carbons (Fsp3) is 0.500. The van der Waals surface area contributed by atoms with Crippen LogP contribution in [-0.4, -0.2) is 29.6 Å². The van der Waals surface area contributed by atoms with E-state index in [9.17, 15) is 5.11 Å². The Balaban J connectivity index is 2.04. The molecule has 120 valence electrons. The van der Waals surface area contributed by atoms with E-state index in [1.54, 1.807) is 0 Å². The molecule has 2 aromatic carbocycles. The number of nitrogens with zero attached hydrogens (tertiary/aromatic N) is 1. The normalized spacial score (nSPS) is 12.9. The van der Waals surface area contributed by atoms with E-state index in [0.717, 1.165) is 25.2 Å². The predicted molar refractivity (Wildman–Crippen MR) is 95.2 cm³/mol. The summed E-state index contributed by atoms with van der Waals surface area (Å²) in [4.78, 5) is 2.41. The van der Waals surface area contributed by atoms with Crippen molar-refractivity contribution in [1.29, 1.82) is 0 Å². The number of hydrogen-bond acceptors (Lipinski definition) is 2. The van der Waals surface area contributed by atoms with Crippen LogP contribution in [0.3, 0.4) is 0 Å². The van der Waals surface area contributed by atoms with Crippen LogP contribution >= 0.6 is 0 Å². The highest BCUT2D eigenvalue weighted by Crippen LogP contribution is 2.21. The molecular weight excluding hydrogens is 270 g/mol. The van der Waals surface area contributed by atoms with E-state index >= 15 is 0 Å². The van der Waals surface area contributed by atoms with Gasteiger partial charge in [-0.25, -0.2) is 0 Å². The molecular formula is C20H29NO. The molecule has 2 aromatic rings. The van der Waals surface area contributed by atoms with Crippen LogP contribution in [0, 0.1) is 0 Å². The average molecular weight is 299 g/mol. The van der Waals surface area contributed by atoms with Gasteiger partial charge in [0.25, 0.3) is 0 Å². The summed E-state index contributed by atoms with van der Waals surface area (Å²) in [5.41, 5.74) is 1.02. The van der Waals surface area contributed by atoms with E-state index in [0.29, 0.717) is 0 Å². The highest BCUT2D eigenvalue weighted by Gasteiger charge is 2.13. The van der Waals surface area contributed by atoms with Crippen LogP contribution in [0.5, 0.6) is 0 Å². The Labute approximate surface area is 134 Å². The zero-order chi connectivity index (χ0) is 15.8. The molecule has 2 rings (SSSR count). The third-order valence-electron chi connectivity index (χ3n) is 4.25. The van der Waals surface area contributed by atoms with Crippen molar-refractivity contribution in [2.45, 2.75) is 45.6 Å². The number of aliphatic hydroxyl groups excluding tert-OH is 1. The van der Waals surface area contributed by atoms with Crippen molar-refractivity contribution in [2.75, 3.05) is 19.6 Å². The van der Waals surface area contributed by atoms with Crippen LogP contribution in [0.25, 0.3) is 10.8 Å². The standard InChI is InChI=1S/C20H29NO/c1-3-5-13-21(14-6-4-2)16-20(22)19-12-11-17-9-7-8-10-18(17)15-19/h7-12,15,20,22H,3-6,13-14,16H2,1-2H3. The number of fused-ring (bicyclic) bond motifs is 1. The topological polar surface area (TPSA) is 23.5 Å². The zero-order valence-corrected chi connectivity index (χ0v) is 14.0. The van der Waals surface area contributed by atoms with Gasteiger partial charge in [-0.1, -0.05) is 63.1 Å². The second-order valence-electron chi connectivity index (χ2n) is 6.13.